The van der Waals surface area contributed by atoms with Crippen LogP contribution in [0.25, 0.3) is 0 Å². The third kappa shape index (κ3) is 3.64. The first-order valence-corrected chi connectivity index (χ1v) is 5.20. The summed E-state index contributed by atoms with van der Waals surface area (Å²) in [6, 6.07) is 6.09. The second kappa shape index (κ2) is 5.89. The van der Waals surface area contributed by atoms with Gasteiger partial charge >= 0.3 is 11.9 Å². The maximum absolute atomic E-state index is 10.7. The molecule has 0 bridgehead atoms. The first-order chi connectivity index (χ1) is 8.43. The van der Waals surface area contributed by atoms with E-state index in [1.807, 2.05) is 6.07 Å². The van der Waals surface area contributed by atoms with Gasteiger partial charge in [0.25, 0.3) is 0 Å². The number of anilines is 1. The van der Waals surface area contributed by atoms with Crippen molar-refractivity contribution in [1.29, 1.82) is 5.26 Å². The van der Waals surface area contributed by atoms with E-state index in [-0.39, 0.29) is 10.6 Å². The second-order valence-electron chi connectivity index (χ2n) is 3.42. The molecule has 0 aliphatic heterocycles. The molecule has 94 valence electrons. The van der Waals surface area contributed by atoms with Crippen LogP contribution in [0.15, 0.2) is 18.2 Å². The van der Waals surface area contributed by atoms with Crippen LogP contribution in [-0.2, 0) is 9.59 Å². The Morgan fingerprint density at radius 1 is 1.28 bits per heavy atom. The molecule has 0 atom stereocenters. The van der Waals surface area contributed by atoms with Crippen LogP contribution in [-0.4, -0.2) is 35.2 Å². The van der Waals surface area contributed by atoms with Gasteiger partial charge < -0.3 is 15.1 Å². The van der Waals surface area contributed by atoms with Crippen LogP contribution < -0.4 is 4.90 Å². The van der Waals surface area contributed by atoms with Gasteiger partial charge in [-0.1, -0.05) is 11.6 Å². The molecule has 0 saturated carbocycles. The first-order valence-electron chi connectivity index (χ1n) is 4.82. The first kappa shape index (κ1) is 13.8. The summed E-state index contributed by atoms with van der Waals surface area (Å²) >= 11 is 5.80. The summed E-state index contributed by atoms with van der Waals surface area (Å²) in [6.07, 6.45) is 0. The summed E-state index contributed by atoms with van der Waals surface area (Å²) in [4.78, 5) is 22.4. The van der Waals surface area contributed by atoms with E-state index in [2.05, 4.69) is 0 Å². The van der Waals surface area contributed by atoms with Crippen molar-refractivity contribution in [3.8, 4) is 6.07 Å². The number of carbonyl (C=O) groups is 2. The van der Waals surface area contributed by atoms with E-state index >= 15 is 0 Å². The molecule has 6 nitrogen and oxygen atoms in total. The molecule has 0 saturated heterocycles. The number of rotatable bonds is 5. The largest absolute Gasteiger partial charge is 0.480 e. The highest BCUT2D eigenvalue weighted by molar-refractivity contribution is 6.32. The lowest BCUT2D eigenvalue weighted by atomic mass is 10.2. The Kier molecular flexibility index (Phi) is 4.52. The van der Waals surface area contributed by atoms with E-state index < -0.39 is 25.0 Å². The summed E-state index contributed by atoms with van der Waals surface area (Å²) < 4.78 is 0. The minimum atomic E-state index is -1.16. The second-order valence-corrected chi connectivity index (χ2v) is 3.83. The molecule has 1 aromatic carbocycles. The molecule has 0 amide bonds. The summed E-state index contributed by atoms with van der Waals surface area (Å²) in [7, 11) is 0. The summed E-state index contributed by atoms with van der Waals surface area (Å²) in [6.45, 7) is -0.928. The Morgan fingerprint density at radius 2 is 1.83 bits per heavy atom. The van der Waals surface area contributed by atoms with Gasteiger partial charge in [-0.2, -0.15) is 5.26 Å². The molecule has 0 unspecified atom stereocenters. The maximum Gasteiger partial charge on any atom is 0.323 e. The molecule has 2 N–H and O–H groups in total. The van der Waals surface area contributed by atoms with Gasteiger partial charge in [0, 0.05) is 5.69 Å². The van der Waals surface area contributed by atoms with E-state index in [1.165, 1.54) is 18.2 Å². The summed E-state index contributed by atoms with van der Waals surface area (Å²) in [5, 5.41) is 26.3. The quantitative estimate of drug-likeness (QED) is 0.832. The minimum absolute atomic E-state index is 0.149. The topological polar surface area (TPSA) is 102 Å². The van der Waals surface area contributed by atoms with E-state index in [0.29, 0.717) is 5.69 Å². The Hall–Kier alpha value is -2.26. The molecule has 0 aliphatic carbocycles. The van der Waals surface area contributed by atoms with E-state index in [1.54, 1.807) is 0 Å². The Bertz CT molecular complexity index is 508. The zero-order valence-electron chi connectivity index (χ0n) is 9.13. The fraction of sp³-hybridized carbons (Fsp3) is 0.182. The number of benzene rings is 1. The van der Waals surface area contributed by atoms with Crippen molar-refractivity contribution >= 4 is 29.2 Å². The van der Waals surface area contributed by atoms with Crippen molar-refractivity contribution in [1.82, 2.24) is 0 Å². The lowest BCUT2D eigenvalue weighted by Crippen LogP contribution is -2.34. The fourth-order valence-electron chi connectivity index (χ4n) is 1.36. The van der Waals surface area contributed by atoms with Crippen molar-refractivity contribution in [2.75, 3.05) is 18.0 Å². The van der Waals surface area contributed by atoms with E-state index in [4.69, 9.17) is 27.1 Å². The van der Waals surface area contributed by atoms with Crippen LogP contribution in [0.2, 0.25) is 5.02 Å². The molecule has 1 rings (SSSR count). The lowest BCUT2D eigenvalue weighted by Gasteiger charge is -2.20. The fourth-order valence-corrected chi connectivity index (χ4v) is 1.57. The van der Waals surface area contributed by atoms with Crippen molar-refractivity contribution in [3.05, 3.63) is 28.8 Å². The number of halogens is 1. The van der Waals surface area contributed by atoms with E-state index in [0.717, 1.165) is 4.90 Å². The van der Waals surface area contributed by atoms with Crippen LogP contribution in [0.4, 0.5) is 5.69 Å². The third-order valence-electron chi connectivity index (χ3n) is 2.09. The normalized spacial score (nSPS) is 9.56. The molecule has 1 aromatic rings. The highest BCUT2D eigenvalue weighted by Crippen LogP contribution is 2.23. The van der Waals surface area contributed by atoms with Crippen molar-refractivity contribution in [2.45, 2.75) is 0 Å². The molecule has 0 fully saturated rings. The molecule has 18 heavy (non-hydrogen) atoms. The van der Waals surface area contributed by atoms with Crippen LogP contribution in [0.5, 0.6) is 0 Å². The van der Waals surface area contributed by atoms with Crippen LogP contribution >= 0.6 is 11.6 Å². The molecule has 0 aromatic heterocycles. The van der Waals surface area contributed by atoms with Crippen molar-refractivity contribution in [2.24, 2.45) is 0 Å². The Balaban J connectivity index is 3.05. The Morgan fingerprint density at radius 3 is 2.22 bits per heavy atom. The number of hydrogen-bond acceptors (Lipinski definition) is 4. The van der Waals surface area contributed by atoms with Crippen LogP contribution in [0.3, 0.4) is 0 Å². The molecule has 0 radical (unpaired) electrons. The van der Waals surface area contributed by atoms with Gasteiger partial charge in [-0.15, -0.1) is 0 Å². The smallest absolute Gasteiger partial charge is 0.323 e. The predicted octanol–water partition coefficient (Wildman–Crippen LogP) is 1.19. The van der Waals surface area contributed by atoms with Gasteiger partial charge in [0.05, 0.1) is 10.6 Å². The SMILES string of the molecule is N#Cc1ccc(N(CC(=O)O)CC(=O)O)cc1Cl. The Labute approximate surface area is 108 Å². The maximum atomic E-state index is 10.7. The zero-order chi connectivity index (χ0) is 13.7. The third-order valence-corrected chi connectivity index (χ3v) is 2.40. The van der Waals surface area contributed by atoms with Gasteiger partial charge in [-0.25, -0.2) is 0 Å². The number of nitriles is 1. The summed E-state index contributed by atoms with van der Waals surface area (Å²) in [5.41, 5.74) is 0.579. The number of nitrogens with zero attached hydrogens (tertiary/aromatic N) is 2. The van der Waals surface area contributed by atoms with Crippen LogP contribution in [0, 0.1) is 11.3 Å². The van der Waals surface area contributed by atoms with E-state index in [9.17, 15) is 9.59 Å². The minimum Gasteiger partial charge on any atom is -0.480 e. The van der Waals surface area contributed by atoms with Gasteiger partial charge in [-0.3, -0.25) is 9.59 Å². The molecular weight excluding hydrogens is 260 g/mol. The van der Waals surface area contributed by atoms with Gasteiger partial charge in [0.1, 0.15) is 19.2 Å². The predicted molar refractivity (Wildman–Crippen MR) is 63.7 cm³/mol. The van der Waals surface area contributed by atoms with Gasteiger partial charge in [-0.05, 0) is 18.2 Å². The standard InChI is InChI=1S/C11H9ClN2O4/c12-9-3-8(2-1-7(9)4-13)14(5-10(15)16)6-11(17)18/h1-3H,5-6H2,(H,15,16)(H,17,18). The van der Waals surface area contributed by atoms with Crippen molar-refractivity contribution < 1.29 is 19.8 Å². The van der Waals surface area contributed by atoms with Crippen molar-refractivity contribution in [3.63, 3.8) is 0 Å². The van der Waals surface area contributed by atoms with Gasteiger partial charge in [0.2, 0.25) is 0 Å². The van der Waals surface area contributed by atoms with Crippen LogP contribution in [0.1, 0.15) is 5.56 Å². The molecule has 7 heteroatoms. The highest BCUT2D eigenvalue weighted by Gasteiger charge is 2.15. The summed E-state index contributed by atoms with van der Waals surface area (Å²) in [5.74, 6) is -2.31. The molecule has 0 aliphatic rings. The average molecular weight is 269 g/mol. The molecule has 0 spiro atoms. The number of hydrogen-bond donors (Lipinski definition) is 2. The average Bonchev–Trinajstić information content (AvgIpc) is 2.26. The number of carboxylic acids is 2. The van der Waals surface area contributed by atoms with Gasteiger partial charge in [0.15, 0.2) is 0 Å². The molecular formula is C11H9ClN2O4. The molecule has 0 heterocycles. The number of aliphatic carboxylic acids is 2. The lowest BCUT2D eigenvalue weighted by molar-refractivity contribution is -0.136. The zero-order valence-corrected chi connectivity index (χ0v) is 9.89. The number of carboxylic acid groups (broad SMARTS) is 2. The highest BCUT2D eigenvalue weighted by atomic mass is 35.5. The monoisotopic (exact) mass is 268 g/mol.